The molecule has 4 nitrogen and oxygen atoms in total. The van der Waals surface area contributed by atoms with Crippen molar-refractivity contribution in [2.24, 2.45) is 0 Å². The maximum absolute atomic E-state index is 8.88. The summed E-state index contributed by atoms with van der Waals surface area (Å²) in [6.45, 7) is 0. The fraction of sp³-hybridized carbons (Fsp3) is 0. The summed E-state index contributed by atoms with van der Waals surface area (Å²) < 4.78 is 8.88. The molecule has 0 aromatic rings. The summed E-state index contributed by atoms with van der Waals surface area (Å²) in [6.07, 6.45) is 0. The molecule has 0 amide bonds. The van der Waals surface area contributed by atoms with E-state index in [1.807, 2.05) is 0 Å². The van der Waals surface area contributed by atoms with Crippen LogP contribution in [-0.2, 0) is 4.57 Å². The molecule has 7 heavy (non-hydrogen) atoms. The van der Waals surface area contributed by atoms with Gasteiger partial charge in [-0.05, 0) is 0 Å². The summed E-state index contributed by atoms with van der Waals surface area (Å²) in [6, 6.07) is 0. The summed E-state index contributed by atoms with van der Waals surface area (Å²) in [5, 5.41) is 0. The molecule has 0 aliphatic carbocycles. The molecule has 0 radical (unpaired) electrons. The van der Waals surface area contributed by atoms with Crippen molar-refractivity contribution in [3.8, 4) is 0 Å². The Balaban J connectivity index is -0.0000000133. The van der Waals surface area contributed by atoms with E-state index in [0.717, 1.165) is 0 Å². The average molecular weight is 208 g/mol. The van der Waals surface area contributed by atoms with Crippen LogP contribution in [0.2, 0.25) is 0 Å². The van der Waals surface area contributed by atoms with Gasteiger partial charge in [-0.3, -0.25) is 4.70 Å². The topological polar surface area (TPSA) is 77.8 Å². The molecule has 0 saturated heterocycles. The van der Waals surface area contributed by atoms with Crippen molar-refractivity contribution in [3.05, 3.63) is 0 Å². The van der Waals surface area contributed by atoms with Crippen LogP contribution in [0.4, 0.5) is 4.70 Å². The van der Waals surface area contributed by atoms with Crippen molar-refractivity contribution in [3.63, 3.8) is 0 Å². The predicted octanol–water partition coefficient (Wildman–Crippen LogP) is -0.932. The van der Waals surface area contributed by atoms with Crippen LogP contribution in [0.3, 0.4) is 0 Å². The van der Waals surface area contributed by atoms with Gasteiger partial charge in [0.25, 0.3) is 0 Å². The third kappa shape index (κ3) is 99.1. The van der Waals surface area contributed by atoms with E-state index in [2.05, 4.69) is 0 Å². The summed E-state index contributed by atoms with van der Waals surface area (Å²) in [5.74, 6) is 0. The molecule has 0 unspecified atom stereocenters. The zero-order chi connectivity index (χ0) is 4.50. The molecule has 0 saturated carbocycles. The molecule has 0 rings (SSSR count). The van der Waals surface area contributed by atoms with Crippen LogP contribution in [0, 0.1) is 0 Å². The SMILES string of the molecule is F.O=P(O)(O)O.[H-].[H-].[Sr+2]. The second-order valence-electron chi connectivity index (χ2n) is 0.513. The predicted molar refractivity (Wildman–Crippen MR) is 24.7 cm³/mol. The van der Waals surface area contributed by atoms with E-state index in [9.17, 15) is 0 Å². The van der Waals surface area contributed by atoms with Crippen LogP contribution in [0.15, 0.2) is 0 Å². The average Bonchev–Trinajstić information content (AvgIpc) is 0.722. The van der Waals surface area contributed by atoms with E-state index in [-0.39, 0.29) is 53.0 Å². The summed E-state index contributed by atoms with van der Waals surface area (Å²) in [7, 11) is -4.64. The van der Waals surface area contributed by atoms with Gasteiger partial charge in [-0.15, -0.1) is 0 Å². The molecule has 0 atom stereocenters. The number of halogens is 1. The molecular formula is H6FO4PSr. The van der Waals surface area contributed by atoms with Gasteiger partial charge in [-0.25, -0.2) is 4.57 Å². The largest absolute Gasteiger partial charge is 2.00 e. The van der Waals surface area contributed by atoms with Crippen LogP contribution in [0.25, 0.3) is 0 Å². The number of hydrogen-bond donors (Lipinski definition) is 3. The van der Waals surface area contributed by atoms with Crippen molar-refractivity contribution < 1.29 is 26.8 Å². The molecule has 3 N–H and O–H groups in total. The first kappa shape index (κ1) is 15.8. The Kier molecular flexibility index (Phi) is 12.8. The molecule has 0 aliphatic heterocycles. The molecule has 0 aliphatic rings. The van der Waals surface area contributed by atoms with Gasteiger partial charge in [0, 0.05) is 0 Å². The smallest absolute Gasteiger partial charge is 1.00 e. The molecule has 0 bridgehead atoms. The molecule has 0 aromatic heterocycles. The Morgan fingerprint density at radius 2 is 1.29 bits per heavy atom. The maximum atomic E-state index is 8.88. The summed E-state index contributed by atoms with van der Waals surface area (Å²) in [5.41, 5.74) is 0. The van der Waals surface area contributed by atoms with E-state index in [0.29, 0.717) is 0 Å². The van der Waals surface area contributed by atoms with Gasteiger partial charge >= 0.3 is 53.3 Å². The minimum Gasteiger partial charge on any atom is -1.00 e. The Morgan fingerprint density at radius 1 is 1.29 bits per heavy atom. The normalized spacial score (nSPS) is 8.43. The van der Waals surface area contributed by atoms with Crippen molar-refractivity contribution in [1.82, 2.24) is 0 Å². The van der Waals surface area contributed by atoms with E-state index in [1.165, 1.54) is 0 Å². The molecule has 0 aromatic carbocycles. The second-order valence-corrected chi connectivity index (χ2v) is 1.54. The van der Waals surface area contributed by atoms with Gasteiger partial charge in [0.2, 0.25) is 0 Å². The van der Waals surface area contributed by atoms with Gasteiger partial charge < -0.3 is 17.5 Å². The van der Waals surface area contributed by atoms with E-state index in [4.69, 9.17) is 19.2 Å². The van der Waals surface area contributed by atoms with E-state index in [1.54, 1.807) is 0 Å². The van der Waals surface area contributed by atoms with Crippen LogP contribution >= 0.6 is 7.82 Å². The quantitative estimate of drug-likeness (QED) is 0.354. The van der Waals surface area contributed by atoms with Crippen LogP contribution in [-0.4, -0.2) is 60.2 Å². The molecule has 7 heteroatoms. The fourth-order valence-electron chi connectivity index (χ4n) is 0. The molecule has 44 valence electrons. The molecule has 0 heterocycles. The zero-order valence-corrected chi connectivity index (χ0v) is 7.68. The standard InChI is InChI=1S/FH.H3O4P.Sr.2H/c;1-5(2,3)4;;;/h1H;(H3,1,2,3,4);;;/q;;+2;2*-1. The Bertz CT molecular complexity index is 64.7. The molecule has 0 spiro atoms. The monoisotopic (exact) mass is 208 g/mol. The Labute approximate surface area is 79.4 Å². The number of hydrogen-bond acceptors (Lipinski definition) is 1. The molecular weight excluding hydrogens is 202 g/mol. The number of rotatable bonds is 0. The Hall–Kier alpha value is 1.52. The minimum atomic E-state index is -4.64. The van der Waals surface area contributed by atoms with Gasteiger partial charge in [0.1, 0.15) is 0 Å². The Morgan fingerprint density at radius 3 is 1.29 bits per heavy atom. The summed E-state index contributed by atoms with van der Waals surface area (Å²) >= 11 is 0. The van der Waals surface area contributed by atoms with Gasteiger partial charge in [-0.2, -0.15) is 0 Å². The first-order valence-corrected chi connectivity index (χ1v) is 2.35. The minimum absolute atomic E-state index is 0. The second kappa shape index (κ2) is 5.65. The van der Waals surface area contributed by atoms with Crippen LogP contribution in [0.5, 0.6) is 0 Å². The van der Waals surface area contributed by atoms with Crippen molar-refractivity contribution in [2.75, 3.05) is 0 Å². The van der Waals surface area contributed by atoms with Crippen LogP contribution in [0.1, 0.15) is 2.85 Å². The van der Waals surface area contributed by atoms with Gasteiger partial charge in [0.15, 0.2) is 0 Å². The zero-order valence-electron chi connectivity index (χ0n) is 5.31. The molecule has 0 fully saturated rings. The summed E-state index contributed by atoms with van der Waals surface area (Å²) in [4.78, 5) is 21.6. The van der Waals surface area contributed by atoms with Gasteiger partial charge in [-0.1, -0.05) is 0 Å². The third-order valence-electron chi connectivity index (χ3n) is 0. The first-order valence-electron chi connectivity index (χ1n) is 0.783. The fourth-order valence-corrected chi connectivity index (χ4v) is 0. The van der Waals surface area contributed by atoms with Crippen LogP contribution < -0.4 is 0 Å². The van der Waals surface area contributed by atoms with E-state index >= 15 is 0 Å². The number of phosphoric acid groups is 1. The van der Waals surface area contributed by atoms with E-state index < -0.39 is 7.82 Å². The van der Waals surface area contributed by atoms with Crippen molar-refractivity contribution in [1.29, 1.82) is 0 Å². The van der Waals surface area contributed by atoms with Crippen molar-refractivity contribution in [2.45, 2.75) is 0 Å². The van der Waals surface area contributed by atoms with Crippen molar-refractivity contribution >= 4 is 53.3 Å². The van der Waals surface area contributed by atoms with Gasteiger partial charge in [0.05, 0.1) is 0 Å². The first-order chi connectivity index (χ1) is 2.00. The third-order valence-corrected chi connectivity index (χ3v) is 0. The maximum Gasteiger partial charge on any atom is 2.00 e.